The van der Waals surface area contributed by atoms with Gasteiger partial charge in [-0.05, 0) is 36.4 Å². The maximum Gasteiger partial charge on any atom is 0.435 e. The molecule has 0 aliphatic carbocycles. The molecule has 1 aromatic heterocycles. The van der Waals surface area contributed by atoms with Gasteiger partial charge in [-0.25, -0.2) is 4.68 Å². The largest absolute Gasteiger partial charge is 0.435 e. The molecule has 1 heterocycles. The molecule has 29 heavy (non-hydrogen) atoms. The Balaban J connectivity index is 2.36. The molecule has 0 amide bonds. The minimum atomic E-state index is -5.11. The molecule has 0 N–H and O–H groups in total. The fourth-order valence-electron chi connectivity index (χ4n) is 2.66. The van der Waals surface area contributed by atoms with Crippen LogP contribution in [0.1, 0.15) is 16.8 Å². The first-order valence-electron chi connectivity index (χ1n) is 7.80. The Morgan fingerprint density at radius 2 is 1.28 bits per heavy atom. The second-order valence-corrected chi connectivity index (χ2v) is 5.92. The van der Waals surface area contributed by atoms with E-state index in [1.54, 1.807) is 0 Å². The lowest BCUT2D eigenvalue weighted by Gasteiger charge is -2.17. The van der Waals surface area contributed by atoms with Crippen LogP contribution in [0.2, 0.25) is 0 Å². The summed E-state index contributed by atoms with van der Waals surface area (Å²) in [5, 5.41) is 3.29. The van der Waals surface area contributed by atoms with E-state index in [1.165, 1.54) is 30.3 Å². The zero-order valence-electron chi connectivity index (χ0n) is 14.0. The first-order chi connectivity index (χ1) is 13.3. The lowest BCUT2D eigenvalue weighted by atomic mass is 10.00. The average molecular weight is 424 g/mol. The minimum Gasteiger partial charge on any atom is -0.232 e. The number of aromatic nitrogens is 2. The number of hydrogen-bond acceptors (Lipinski definition) is 1. The molecule has 0 saturated heterocycles. The van der Waals surface area contributed by atoms with E-state index >= 15 is 0 Å². The molecule has 0 atom stereocenters. The topological polar surface area (TPSA) is 17.8 Å². The quantitative estimate of drug-likeness (QED) is 0.424. The minimum absolute atomic E-state index is 0.0523. The molecule has 0 fully saturated rings. The van der Waals surface area contributed by atoms with E-state index < -0.39 is 46.6 Å². The molecule has 3 aromatic rings. The van der Waals surface area contributed by atoms with E-state index in [0.717, 1.165) is 0 Å². The summed E-state index contributed by atoms with van der Waals surface area (Å²) in [5.74, 6) is 0. The second kappa shape index (κ2) is 6.82. The highest BCUT2D eigenvalue weighted by Crippen LogP contribution is 2.42. The van der Waals surface area contributed by atoms with Gasteiger partial charge in [0.1, 0.15) is 0 Å². The van der Waals surface area contributed by atoms with Crippen molar-refractivity contribution in [1.82, 2.24) is 9.78 Å². The normalized spacial score (nSPS) is 13.0. The summed E-state index contributed by atoms with van der Waals surface area (Å²) in [6.45, 7) is 0. The number of nitrogens with zero attached hydrogens (tertiary/aromatic N) is 2. The van der Waals surface area contributed by atoms with Crippen LogP contribution in [0.25, 0.3) is 16.9 Å². The van der Waals surface area contributed by atoms with Gasteiger partial charge in [0.05, 0.1) is 22.5 Å². The molecule has 0 bridgehead atoms. The van der Waals surface area contributed by atoms with Crippen molar-refractivity contribution < 1.29 is 39.5 Å². The van der Waals surface area contributed by atoms with Crippen LogP contribution in [0, 0.1) is 0 Å². The molecule has 0 saturated carbocycles. The number of alkyl halides is 9. The highest BCUT2D eigenvalue weighted by molar-refractivity contribution is 5.68. The molecule has 0 aliphatic rings. The van der Waals surface area contributed by atoms with Crippen LogP contribution in [0.15, 0.2) is 54.6 Å². The summed E-state index contributed by atoms with van der Waals surface area (Å²) in [6.07, 6.45) is -15.1. The average Bonchev–Trinajstić information content (AvgIpc) is 3.06. The van der Waals surface area contributed by atoms with Crippen molar-refractivity contribution in [2.75, 3.05) is 0 Å². The van der Waals surface area contributed by atoms with Gasteiger partial charge in [-0.1, -0.05) is 18.2 Å². The van der Waals surface area contributed by atoms with Gasteiger partial charge in [0.15, 0.2) is 5.69 Å². The SMILES string of the molecule is FC(F)(F)c1ccc(C(F)(F)F)c(-c2cc(C(F)(F)F)nn2-c2ccccc2)c1. The van der Waals surface area contributed by atoms with Gasteiger partial charge < -0.3 is 0 Å². The van der Waals surface area contributed by atoms with Gasteiger partial charge in [0.25, 0.3) is 0 Å². The highest BCUT2D eigenvalue weighted by atomic mass is 19.4. The summed E-state index contributed by atoms with van der Waals surface area (Å²) < 4.78 is 119. The van der Waals surface area contributed by atoms with E-state index in [2.05, 4.69) is 5.10 Å². The molecule has 0 spiro atoms. The summed E-state index contributed by atoms with van der Waals surface area (Å²) >= 11 is 0. The molecule has 2 nitrogen and oxygen atoms in total. The number of para-hydroxylation sites is 1. The van der Waals surface area contributed by atoms with Crippen LogP contribution in [0.3, 0.4) is 0 Å². The molecule has 0 radical (unpaired) electrons. The molecule has 3 rings (SSSR count). The second-order valence-electron chi connectivity index (χ2n) is 5.92. The van der Waals surface area contributed by atoms with Gasteiger partial charge in [0, 0.05) is 5.56 Å². The van der Waals surface area contributed by atoms with Crippen molar-refractivity contribution in [1.29, 1.82) is 0 Å². The zero-order valence-corrected chi connectivity index (χ0v) is 14.0. The Hall–Kier alpha value is -2.98. The van der Waals surface area contributed by atoms with Crippen LogP contribution in [0.5, 0.6) is 0 Å². The first kappa shape index (κ1) is 20.7. The Morgan fingerprint density at radius 3 is 1.79 bits per heavy atom. The van der Waals surface area contributed by atoms with Crippen LogP contribution in [0.4, 0.5) is 39.5 Å². The maximum atomic E-state index is 13.4. The van der Waals surface area contributed by atoms with Crippen LogP contribution < -0.4 is 0 Å². The molecule has 0 unspecified atom stereocenters. The number of hydrogen-bond donors (Lipinski definition) is 0. The van der Waals surface area contributed by atoms with Gasteiger partial charge in [-0.3, -0.25) is 0 Å². The van der Waals surface area contributed by atoms with Gasteiger partial charge in [-0.15, -0.1) is 0 Å². The third-order valence-corrected chi connectivity index (χ3v) is 3.93. The zero-order chi connectivity index (χ0) is 21.6. The number of benzene rings is 2. The first-order valence-corrected chi connectivity index (χ1v) is 7.80. The fraction of sp³-hybridized carbons (Fsp3) is 0.167. The highest BCUT2D eigenvalue weighted by Gasteiger charge is 2.40. The molecular weight excluding hydrogens is 415 g/mol. The molecule has 154 valence electrons. The van der Waals surface area contributed by atoms with E-state index in [1.807, 2.05) is 0 Å². The summed E-state index contributed by atoms with van der Waals surface area (Å²) in [6, 6.07) is 7.68. The van der Waals surface area contributed by atoms with Gasteiger partial charge in [0.2, 0.25) is 0 Å². The van der Waals surface area contributed by atoms with Crippen LogP contribution in [-0.4, -0.2) is 9.78 Å². The standard InChI is InChI=1S/C18H9F9N2/c19-16(20,21)10-6-7-13(17(22,23)24)12(8-10)14-9-15(18(25,26)27)28-29(14)11-4-2-1-3-5-11/h1-9H. The fourth-order valence-corrected chi connectivity index (χ4v) is 2.66. The van der Waals surface area contributed by atoms with E-state index in [-0.39, 0.29) is 30.0 Å². The predicted octanol–water partition coefficient (Wildman–Crippen LogP) is 6.60. The number of halogens is 9. The summed E-state index contributed by atoms with van der Waals surface area (Å²) in [4.78, 5) is 0. The monoisotopic (exact) mass is 424 g/mol. The van der Waals surface area contributed by atoms with E-state index in [0.29, 0.717) is 4.68 Å². The lowest BCUT2D eigenvalue weighted by molar-refractivity contribution is -0.141. The Kier molecular flexibility index (Phi) is 4.88. The molecule has 2 aromatic carbocycles. The third-order valence-electron chi connectivity index (χ3n) is 3.93. The third kappa shape index (κ3) is 4.22. The smallest absolute Gasteiger partial charge is 0.232 e. The van der Waals surface area contributed by atoms with Crippen molar-refractivity contribution >= 4 is 0 Å². The van der Waals surface area contributed by atoms with Crippen molar-refractivity contribution in [2.45, 2.75) is 18.5 Å². The van der Waals surface area contributed by atoms with Gasteiger partial charge >= 0.3 is 18.5 Å². The van der Waals surface area contributed by atoms with E-state index in [9.17, 15) is 39.5 Å². The van der Waals surface area contributed by atoms with Crippen molar-refractivity contribution in [3.63, 3.8) is 0 Å². The molecule has 11 heteroatoms. The number of rotatable bonds is 2. The van der Waals surface area contributed by atoms with Crippen molar-refractivity contribution in [3.8, 4) is 16.9 Å². The molecular formula is C18H9F9N2. The van der Waals surface area contributed by atoms with Crippen LogP contribution >= 0.6 is 0 Å². The van der Waals surface area contributed by atoms with Crippen molar-refractivity contribution in [3.05, 3.63) is 71.4 Å². The lowest BCUT2D eigenvalue weighted by Crippen LogP contribution is -2.12. The Labute approximate surface area is 157 Å². The Morgan fingerprint density at radius 1 is 0.655 bits per heavy atom. The Bertz CT molecular complexity index is 1010. The summed E-state index contributed by atoms with van der Waals surface area (Å²) in [5.41, 5.74) is -6.39. The predicted molar refractivity (Wildman–Crippen MR) is 84.0 cm³/mol. The van der Waals surface area contributed by atoms with Crippen molar-refractivity contribution in [2.24, 2.45) is 0 Å². The van der Waals surface area contributed by atoms with Crippen LogP contribution in [-0.2, 0) is 18.5 Å². The van der Waals surface area contributed by atoms with Gasteiger partial charge in [-0.2, -0.15) is 44.6 Å². The maximum absolute atomic E-state index is 13.4. The molecule has 0 aliphatic heterocycles. The van der Waals surface area contributed by atoms with E-state index in [4.69, 9.17) is 0 Å². The summed E-state index contributed by atoms with van der Waals surface area (Å²) in [7, 11) is 0.